The van der Waals surface area contributed by atoms with Crippen LogP contribution in [-0.4, -0.2) is 67.3 Å². The van der Waals surface area contributed by atoms with Crippen molar-refractivity contribution in [2.24, 2.45) is 0 Å². The van der Waals surface area contributed by atoms with Crippen LogP contribution in [0, 0.1) is 5.82 Å². The van der Waals surface area contributed by atoms with Crippen LogP contribution < -0.4 is 10.6 Å². The molecule has 0 radical (unpaired) electrons. The number of imide groups is 1. The summed E-state index contributed by atoms with van der Waals surface area (Å²) in [5, 5.41) is 4.94. The smallest absolute Gasteiger partial charge is 0.321 e. The molecule has 0 saturated carbocycles. The number of halogens is 1. The lowest BCUT2D eigenvalue weighted by Crippen LogP contribution is -2.57. The lowest BCUT2D eigenvalue weighted by molar-refractivity contribution is -0.125. The van der Waals surface area contributed by atoms with E-state index in [9.17, 15) is 22.4 Å². The Morgan fingerprint density at radius 1 is 1.11 bits per heavy atom. The number of carbonyl (C=O) groups excluding carboxylic acids is 2. The summed E-state index contributed by atoms with van der Waals surface area (Å²) in [5.41, 5.74) is -0.472. The van der Waals surface area contributed by atoms with Gasteiger partial charge < -0.3 is 5.32 Å². The van der Waals surface area contributed by atoms with Crippen LogP contribution in [-0.2, 0) is 14.8 Å². The van der Waals surface area contributed by atoms with E-state index in [4.69, 9.17) is 0 Å². The quantitative estimate of drug-likeness (QED) is 0.770. The van der Waals surface area contributed by atoms with Crippen molar-refractivity contribution in [1.82, 2.24) is 19.8 Å². The van der Waals surface area contributed by atoms with E-state index in [2.05, 4.69) is 10.6 Å². The van der Waals surface area contributed by atoms with Crippen molar-refractivity contribution in [1.29, 1.82) is 0 Å². The first kappa shape index (κ1) is 22.3. The van der Waals surface area contributed by atoms with Crippen molar-refractivity contribution in [3.8, 4) is 0 Å². The Labute approximate surface area is 165 Å². The minimum absolute atomic E-state index is 0.127. The van der Waals surface area contributed by atoms with Gasteiger partial charge in [-0.2, -0.15) is 4.31 Å². The normalized spacial score (nSPS) is 17.8. The predicted octanol–water partition coefficient (Wildman–Crippen LogP) is 1.14. The first-order valence-electron chi connectivity index (χ1n) is 9.03. The maximum Gasteiger partial charge on any atom is 0.321 e. The molecule has 0 spiro atoms. The molecule has 2 rings (SSSR count). The van der Waals surface area contributed by atoms with Crippen LogP contribution in [0.4, 0.5) is 9.18 Å². The molecule has 1 aromatic rings. The number of hydrogen-bond donors (Lipinski definition) is 2. The van der Waals surface area contributed by atoms with Gasteiger partial charge in [0.2, 0.25) is 15.9 Å². The number of nitrogens with one attached hydrogen (secondary N) is 2. The van der Waals surface area contributed by atoms with Crippen LogP contribution in [0.5, 0.6) is 0 Å². The van der Waals surface area contributed by atoms with Crippen molar-refractivity contribution < 1.29 is 22.4 Å². The first-order valence-corrected chi connectivity index (χ1v) is 10.5. The SMILES string of the molecule is C[C@H](C(=O)NC(=O)NC(C)(C)C)N1CCN(S(=O)(=O)c2ccccc2F)CC1. The third-order valence-corrected chi connectivity index (χ3v) is 6.31. The summed E-state index contributed by atoms with van der Waals surface area (Å²) >= 11 is 0. The van der Waals surface area contributed by atoms with Crippen LogP contribution in [0.2, 0.25) is 0 Å². The highest BCUT2D eigenvalue weighted by molar-refractivity contribution is 7.89. The van der Waals surface area contributed by atoms with Crippen LogP contribution in [0.25, 0.3) is 0 Å². The second-order valence-electron chi connectivity index (χ2n) is 7.74. The molecule has 3 amide bonds. The van der Waals surface area contributed by atoms with E-state index in [1.165, 1.54) is 22.5 Å². The Morgan fingerprint density at radius 2 is 1.68 bits per heavy atom. The molecule has 1 aliphatic heterocycles. The van der Waals surface area contributed by atoms with Crippen LogP contribution >= 0.6 is 0 Å². The summed E-state index contributed by atoms with van der Waals surface area (Å²) in [5.74, 6) is -1.25. The highest BCUT2D eigenvalue weighted by Gasteiger charge is 2.33. The fraction of sp³-hybridized carbons (Fsp3) is 0.556. The number of urea groups is 1. The fourth-order valence-electron chi connectivity index (χ4n) is 2.88. The van der Waals surface area contributed by atoms with Crippen molar-refractivity contribution >= 4 is 22.0 Å². The maximum absolute atomic E-state index is 13.9. The molecule has 1 aliphatic rings. The molecular weight excluding hydrogens is 387 g/mol. The van der Waals surface area contributed by atoms with E-state index in [1.54, 1.807) is 32.6 Å². The molecule has 28 heavy (non-hydrogen) atoms. The molecule has 2 N–H and O–H groups in total. The van der Waals surface area contributed by atoms with Crippen molar-refractivity contribution in [2.75, 3.05) is 26.2 Å². The lowest BCUT2D eigenvalue weighted by Gasteiger charge is -2.36. The largest absolute Gasteiger partial charge is 0.333 e. The number of carbonyl (C=O) groups is 2. The van der Waals surface area contributed by atoms with Gasteiger partial charge in [0.1, 0.15) is 10.7 Å². The molecule has 0 unspecified atom stereocenters. The van der Waals surface area contributed by atoms with E-state index in [0.29, 0.717) is 13.1 Å². The molecule has 0 bridgehead atoms. The van der Waals surface area contributed by atoms with Crippen molar-refractivity contribution in [3.63, 3.8) is 0 Å². The summed E-state index contributed by atoms with van der Waals surface area (Å²) in [6, 6.07) is 4.07. The number of piperazine rings is 1. The molecule has 1 heterocycles. The van der Waals surface area contributed by atoms with E-state index >= 15 is 0 Å². The number of nitrogens with zero attached hydrogens (tertiary/aromatic N) is 2. The average Bonchev–Trinajstić information content (AvgIpc) is 2.59. The standard InChI is InChI=1S/C18H27FN4O4S/c1-13(16(24)20-17(25)21-18(2,3)4)22-9-11-23(12-10-22)28(26,27)15-8-6-5-7-14(15)19/h5-8,13H,9-12H2,1-4H3,(H2,20,21,24,25)/t13-/m1/s1. The molecule has 1 saturated heterocycles. The second-order valence-corrected chi connectivity index (χ2v) is 9.65. The zero-order valence-electron chi connectivity index (χ0n) is 16.5. The number of benzene rings is 1. The van der Waals surface area contributed by atoms with E-state index in [1.807, 2.05) is 0 Å². The van der Waals surface area contributed by atoms with Crippen molar-refractivity contribution in [3.05, 3.63) is 30.1 Å². The lowest BCUT2D eigenvalue weighted by atomic mass is 10.1. The Bertz CT molecular complexity index is 830. The highest BCUT2D eigenvalue weighted by atomic mass is 32.2. The van der Waals surface area contributed by atoms with Gasteiger partial charge in [0, 0.05) is 31.7 Å². The topological polar surface area (TPSA) is 98.8 Å². The molecule has 0 aromatic heterocycles. The third kappa shape index (κ3) is 5.49. The van der Waals surface area contributed by atoms with Crippen LogP contribution in [0.1, 0.15) is 27.7 Å². The summed E-state index contributed by atoms with van der Waals surface area (Å²) in [6.07, 6.45) is 0. The van der Waals surface area contributed by atoms with Gasteiger partial charge in [0.25, 0.3) is 0 Å². The average molecular weight is 415 g/mol. The van der Waals surface area contributed by atoms with E-state index < -0.39 is 39.4 Å². The van der Waals surface area contributed by atoms with Gasteiger partial charge in [-0.15, -0.1) is 0 Å². The van der Waals surface area contributed by atoms with Gasteiger partial charge >= 0.3 is 6.03 Å². The number of amides is 3. The monoisotopic (exact) mass is 414 g/mol. The highest BCUT2D eigenvalue weighted by Crippen LogP contribution is 2.21. The van der Waals surface area contributed by atoms with Gasteiger partial charge in [0.15, 0.2) is 0 Å². The van der Waals surface area contributed by atoms with Crippen LogP contribution in [0.3, 0.4) is 0 Å². The van der Waals surface area contributed by atoms with E-state index in [-0.39, 0.29) is 18.0 Å². The Hall–Kier alpha value is -2.04. The summed E-state index contributed by atoms with van der Waals surface area (Å²) in [6.45, 7) is 7.90. The number of hydrogen-bond acceptors (Lipinski definition) is 5. The van der Waals surface area contributed by atoms with Gasteiger partial charge in [-0.1, -0.05) is 12.1 Å². The summed E-state index contributed by atoms with van der Waals surface area (Å²) in [4.78, 5) is 25.6. The van der Waals surface area contributed by atoms with Gasteiger partial charge in [-0.05, 0) is 39.8 Å². The zero-order valence-corrected chi connectivity index (χ0v) is 17.3. The maximum atomic E-state index is 13.9. The zero-order chi connectivity index (χ0) is 21.1. The molecule has 0 aliphatic carbocycles. The molecule has 8 nitrogen and oxygen atoms in total. The number of sulfonamides is 1. The predicted molar refractivity (Wildman–Crippen MR) is 103 cm³/mol. The molecule has 1 atom stereocenters. The molecule has 10 heteroatoms. The fourth-order valence-corrected chi connectivity index (χ4v) is 4.37. The van der Waals surface area contributed by atoms with Gasteiger partial charge in [-0.3, -0.25) is 15.0 Å². The minimum atomic E-state index is -3.93. The first-order chi connectivity index (χ1) is 12.9. The van der Waals surface area contributed by atoms with Gasteiger partial charge in [0.05, 0.1) is 6.04 Å². The summed E-state index contributed by atoms with van der Waals surface area (Å²) in [7, 11) is -3.93. The van der Waals surface area contributed by atoms with Crippen molar-refractivity contribution in [2.45, 2.75) is 44.2 Å². The Kier molecular flexibility index (Phi) is 6.79. The van der Waals surface area contributed by atoms with E-state index in [0.717, 1.165) is 6.07 Å². The Balaban J connectivity index is 1.95. The molecular formula is C18H27FN4O4S. The second kappa shape index (κ2) is 8.54. The van der Waals surface area contributed by atoms with Crippen LogP contribution in [0.15, 0.2) is 29.2 Å². The third-order valence-electron chi connectivity index (χ3n) is 4.38. The molecule has 1 fully saturated rings. The molecule has 156 valence electrons. The minimum Gasteiger partial charge on any atom is -0.333 e. The Morgan fingerprint density at radius 3 is 2.21 bits per heavy atom. The number of rotatable bonds is 4. The molecule has 1 aromatic carbocycles. The van der Waals surface area contributed by atoms with Gasteiger partial charge in [-0.25, -0.2) is 17.6 Å². The summed E-state index contributed by atoms with van der Waals surface area (Å²) < 4.78 is 40.4.